The van der Waals surface area contributed by atoms with Crippen molar-refractivity contribution in [3.05, 3.63) is 5.01 Å². The molecule has 0 aromatic carbocycles. The second-order valence-electron chi connectivity index (χ2n) is 2.97. The minimum absolute atomic E-state index is 0.573. The molecule has 2 N–H and O–H groups in total. The number of nitrogen functional groups attached to an aromatic ring is 1. The molecule has 0 unspecified atom stereocenters. The minimum atomic E-state index is 0.573. The van der Waals surface area contributed by atoms with Crippen molar-refractivity contribution < 1.29 is 0 Å². The first kappa shape index (κ1) is 8.46. The number of anilines is 1. The first-order valence-electron chi connectivity index (χ1n) is 3.76. The number of nitrogens with zero attached hydrogens (tertiary/aromatic N) is 2. The molecule has 3 nitrogen and oxygen atoms in total. The van der Waals surface area contributed by atoms with Gasteiger partial charge in [-0.15, -0.1) is 10.2 Å². The van der Waals surface area contributed by atoms with Gasteiger partial charge < -0.3 is 5.73 Å². The fraction of sp³-hybridized carbons (Fsp3) is 0.714. The summed E-state index contributed by atoms with van der Waals surface area (Å²) in [6, 6.07) is 0. The Labute approximate surface area is 70.6 Å². The van der Waals surface area contributed by atoms with Crippen LogP contribution in [0.15, 0.2) is 0 Å². The zero-order valence-electron chi connectivity index (χ0n) is 6.87. The topological polar surface area (TPSA) is 51.8 Å². The summed E-state index contributed by atoms with van der Waals surface area (Å²) in [5, 5.41) is 9.30. The van der Waals surface area contributed by atoms with Gasteiger partial charge in [0, 0.05) is 6.42 Å². The van der Waals surface area contributed by atoms with E-state index in [1.807, 2.05) is 0 Å². The third-order valence-corrected chi connectivity index (χ3v) is 2.23. The smallest absolute Gasteiger partial charge is 0.203 e. The zero-order chi connectivity index (χ0) is 8.27. The van der Waals surface area contributed by atoms with Crippen molar-refractivity contribution in [3.8, 4) is 0 Å². The Bertz CT molecular complexity index is 219. The maximum atomic E-state index is 5.43. The van der Waals surface area contributed by atoms with E-state index in [-0.39, 0.29) is 0 Å². The van der Waals surface area contributed by atoms with Gasteiger partial charge in [0.1, 0.15) is 5.01 Å². The Morgan fingerprint density at radius 1 is 1.45 bits per heavy atom. The second-order valence-corrected chi connectivity index (χ2v) is 4.06. The highest BCUT2D eigenvalue weighted by molar-refractivity contribution is 7.15. The fourth-order valence-electron chi connectivity index (χ4n) is 0.780. The van der Waals surface area contributed by atoms with Crippen LogP contribution in [0.4, 0.5) is 5.13 Å². The molecule has 0 amide bonds. The lowest BCUT2D eigenvalue weighted by molar-refractivity contribution is 0.584. The number of rotatable bonds is 3. The van der Waals surface area contributed by atoms with Gasteiger partial charge in [-0.2, -0.15) is 0 Å². The quantitative estimate of drug-likeness (QED) is 0.753. The number of hydrogen-bond donors (Lipinski definition) is 1. The highest BCUT2D eigenvalue weighted by Gasteiger charge is 2.01. The van der Waals surface area contributed by atoms with Crippen LogP contribution in [0.25, 0.3) is 0 Å². The summed E-state index contributed by atoms with van der Waals surface area (Å²) in [5.74, 6) is 0.722. The largest absolute Gasteiger partial charge is 0.374 e. The molecule has 62 valence electrons. The molecule has 1 rings (SSSR count). The van der Waals surface area contributed by atoms with Crippen molar-refractivity contribution >= 4 is 16.5 Å². The van der Waals surface area contributed by atoms with E-state index in [0.717, 1.165) is 23.8 Å². The third-order valence-electron chi connectivity index (χ3n) is 1.42. The maximum Gasteiger partial charge on any atom is 0.203 e. The van der Waals surface area contributed by atoms with Crippen LogP contribution in [0.1, 0.15) is 25.3 Å². The number of hydrogen-bond acceptors (Lipinski definition) is 4. The minimum Gasteiger partial charge on any atom is -0.374 e. The summed E-state index contributed by atoms with van der Waals surface area (Å²) in [6.45, 7) is 4.40. The molecule has 1 aromatic rings. The van der Waals surface area contributed by atoms with Crippen molar-refractivity contribution in [2.75, 3.05) is 5.73 Å². The Hall–Kier alpha value is -0.640. The highest BCUT2D eigenvalue weighted by atomic mass is 32.1. The first-order chi connectivity index (χ1) is 5.18. The van der Waals surface area contributed by atoms with E-state index < -0.39 is 0 Å². The molecular formula is C7H13N3S. The molecule has 0 aliphatic carbocycles. The monoisotopic (exact) mass is 171 g/mol. The first-order valence-corrected chi connectivity index (χ1v) is 4.58. The summed E-state index contributed by atoms with van der Waals surface area (Å²) in [7, 11) is 0. The Morgan fingerprint density at radius 3 is 2.64 bits per heavy atom. The second kappa shape index (κ2) is 3.67. The van der Waals surface area contributed by atoms with Crippen LogP contribution in [0, 0.1) is 5.92 Å². The van der Waals surface area contributed by atoms with Crippen molar-refractivity contribution in [1.29, 1.82) is 0 Å². The van der Waals surface area contributed by atoms with Crippen LogP contribution in [0.3, 0.4) is 0 Å². The van der Waals surface area contributed by atoms with Crippen molar-refractivity contribution in [3.63, 3.8) is 0 Å². The Kier molecular flexibility index (Phi) is 2.82. The fourth-order valence-corrected chi connectivity index (χ4v) is 1.40. The molecule has 0 atom stereocenters. The molecule has 0 aliphatic heterocycles. The summed E-state index contributed by atoms with van der Waals surface area (Å²) in [5.41, 5.74) is 5.43. The van der Waals surface area contributed by atoms with E-state index in [9.17, 15) is 0 Å². The number of nitrogens with two attached hydrogens (primary N) is 1. The molecule has 0 radical (unpaired) electrons. The van der Waals surface area contributed by atoms with E-state index in [4.69, 9.17) is 5.73 Å². The van der Waals surface area contributed by atoms with Gasteiger partial charge in [0.15, 0.2) is 0 Å². The highest BCUT2D eigenvalue weighted by Crippen LogP contribution is 2.14. The normalized spacial score (nSPS) is 10.8. The van der Waals surface area contributed by atoms with E-state index in [1.54, 1.807) is 0 Å². The molecule has 0 fully saturated rings. The predicted molar refractivity (Wildman–Crippen MR) is 47.5 cm³/mol. The molecule has 1 heterocycles. The van der Waals surface area contributed by atoms with Crippen LogP contribution < -0.4 is 5.73 Å². The average Bonchev–Trinajstić information content (AvgIpc) is 2.31. The maximum absolute atomic E-state index is 5.43. The third kappa shape index (κ3) is 2.84. The van der Waals surface area contributed by atoms with E-state index in [2.05, 4.69) is 24.0 Å². The molecule has 0 aliphatic rings. The summed E-state index contributed by atoms with van der Waals surface area (Å²) < 4.78 is 0. The van der Waals surface area contributed by atoms with Gasteiger partial charge in [-0.25, -0.2) is 0 Å². The molecule has 1 aromatic heterocycles. The Morgan fingerprint density at radius 2 is 2.18 bits per heavy atom. The van der Waals surface area contributed by atoms with Crippen LogP contribution in [0.5, 0.6) is 0 Å². The Balaban J connectivity index is 2.39. The van der Waals surface area contributed by atoms with Crippen LogP contribution in [-0.4, -0.2) is 10.2 Å². The molecule has 0 bridgehead atoms. The molecule has 0 spiro atoms. The van der Waals surface area contributed by atoms with Crippen LogP contribution >= 0.6 is 11.3 Å². The standard InChI is InChI=1S/C7H13N3S/c1-5(2)3-4-6-9-10-7(8)11-6/h5H,3-4H2,1-2H3,(H2,8,10). The van der Waals surface area contributed by atoms with Gasteiger partial charge in [0.25, 0.3) is 0 Å². The van der Waals surface area contributed by atoms with Gasteiger partial charge in [0.05, 0.1) is 0 Å². The van der Waals surface area contributed by atoms with Crippen molar-refractivity contribution in [1.82, 2.24) is 10.2 Å². The molecule has 0 saturated carbocycles. The number of aryl methyl sites for hydroxylation is 1. The predicted octanol–water partition coefficient (Wildman–Crippen LogP) is 1.71. The van der Waals surface area contributed by atoms with Gasteiger partial charge in [-0.3, -0.25) is 0 Å². The van der Waals surface area contributed by atoms with Gasteiger partial charge in [-0.05, 0) is 12.3 Å². The van der Waals surface area contributed by atoms with Crippen LogP contribution in [-0.2, 0) is 6.42 Å². The molecule has 4 heteroatoms. The molecular weight excluding hydrogens is 158 g/mol. The average molecular weight is 171 g/mol. The van der Waals surface area contributed by atoms with Gasteiger partial charge in [-0.1, -0.05) is 25.2 Å². The lowest BCUT2D eigenvalue weighted by Crippen LogP contribution is -1.91. The van der Waals surface area contributed by atoms with Gasteiger partial charge >= 0.3 is 0 Å². The number of aromatic nitrogens is 2. The van der Waals surface area contributed by atoms with Crippen LogP contribution in [0.2, 0.25) is 0 Å². The van der Waals surface area contributed by atoms with E-state index >= 15 is 0 Å². The van der Waals surface area contributed by atoms with Crippen molar-refractivity contribution in [2.24, 2.45) is 5.92 Å². The van der Waals surface area contributed by atoms with Gasteiger partial charge in [0.2, 0.25) is 5.13 Å². The van der Waals surface area contributed by atoms with Crippen molar-refractivity contribution in [2.45, 2.75) is 26.7 Å². The van der Waals surface area contributed by atoms with E-state index in [1.165, 1.54) is 11.3 Å². The SMILES string of the molecule is CC(C)CCc1nnc(N)s1. The molecule has 0 saturated heterocycles. The van der Waals surface area contributed by atoms with E-state index in [0.29, 0.717) is 5.13 Å². The summed E-state index contributed by atoms with van der Waals surface area (Å²) in [6.07, 6.45) is 2.17. The summed E-state index contributed by atoms with van der Waals surface area (Å²) in [4.78, 5) is 0. The zero-order valence-corrected chi connectivity index (χ0v) is 7.69. The lowest BCUT2D eigenvalue weighted by atomic mass is 10.1. The molecule has 11 heavy (non-hydrogen) atoms. The summed E-state index contributed by atoms with van der Waals surface area (Å²) >= 11 is 1.49. The lowest BCUT2D eigenvalue weighted by Gasteiger charge is -1.99.